The highest BCUT2D eigenvalue weighted by Crippen LogP contribution is 2.54. The number of rotatable bonds is 2. The number of hydrogen-bond donors (Lipinski definition) is 0. The Labute approximate surface area is 157 Å². The number of ether oxygens (including phenoxy) is 2. The molecular formula is C16H14N2O6S2. The lowest BCUT2D eigenvalue weighted by atomic mass is 10.0. The molecule has 2 saturated heterocycles. The van der Waals surface area contributed by atoms with Gasteiger partial charge < -0.3 is 9.47 Å². The highest BCUT2D eigenvalue weighted by Gasteiger charge is 2.46. The zero-order valence-corrected chi connectivity index (χ0v) is 15.4. The van der Waals surface area contributed by atoms with Gasteiger partial charge in [-0.1, -0.05) is 23.5 Å². The van der Waals surface area contributed by atoms with Gasteiger partial charge >= 0.3 is 0 Å². The van der Waals surface area contributed by atoms with E-state index in [2.05, 4.69) is 0 Å². The van der Waals surface area contributed by atoms with Crippen LogP contribution in [-0.4, -0.2) is 73.4 Å². The Balaban J connectivity index is 1.65. The van der Waals surface area contributed by atoms with Gasteiger partial charge in [0.15, 0.2) is 11.6 Å². The number of fused-ring (bicyclic) bond motifs is 1. The molecule has 0 bridgehead atoms. The number of allylic oxidation sites excluding steroid dienone is 3. The van der Waals surface area contributed by atoms with Crippen molar-refractivity contribution in [2.45, 2.75) is 0 Å². The Morgan fingerprint density at radius 2 is 1.65 bits per heavy atom. The Morgan fingerprint density at radius 1 is 1.04 bits per heavy atom. The van der Waals surface area contributed by atoms with Gasteiger partial charge in [-0.3, -0.25) is 19.2 Å². The Kier molecular flexibility index (Phi) is 4.51. The molecule has 0 N–H and O–H groups in total. The second kappa shape index (κ2) is 6.69. The molecule has 0 aromatic carbocycles. The number of ketones is 2. The Bertz CT molecular complexity index is 818. The van der Waals surface area contributed by atoms with Crippen LogP contribution in [0.25, 0.3) is 0 Å². The van der Waals surface area contributed by atoms with Crippen molar-refractivity contribution < 1.29 is 28.7 Å². The molecule has 0 radical (unpaired) electrons. The monoisotopic (exact) mass is 394 g/mol. The molecule has 1 aliphatic carbocycles. The van der Waals surface area contributed by atoms with E-state index in [1.54, 1.807) is 0 Å². The molecule has 26 heavy (non-hydrogen) atoms. The summed E-state index contributed by atoms with van der Waals surface area (Å²) >= 11 is 2.04. The molecule has 3 heterocycles. The molecule has 4 rings (SSSR count). The van der Waals surface area contributed by atoms with Crippen molar-refractivity contribution in [1.29, 1.82) is 0 Å². The average molecular weight is 394 g/mol. The zero-order valence-electron chi connectivity index (χ0n) is 13.8. The van der Waals surface area contributed by atoms with Crippen molar-refractivity contribution in [1.82, 2.24) is 10.0 Å². The molecule has 0 aromatic heterocycles. The summed E-state index contributed by atoms with van der Waals surface area (Å²) in [4.78, 5) is 50.8. The van der Waals surface area contributed by atoms with Crippen molar-refractivity contribution in [3.05, 3.63) is 31.3 Å². The van der Waals surface area contributed by atoms with Gasteiger partial charge in [-0.2, -0.15) is 0 Å². The van der Waals surface area contributed by atoms with Crippen LogP contribution < -0.4 is 0 Å². The SMILES string of the molecule is COCC1=CC(=O)C2=C(SC(=C3C(=O)N4CCOCCN4C3=O)S2)C1=O. The summed E-state index contributed by atoms with van der Waals surface area (Å²) in [6.07, 6.45) is 1.26. The minimum absolute atomic E-state index is 0.0187. The molecule has 8 nitrogen and oxygen atoms in total. The Morgan fingerprint density at radius 3 is 2.27 bits per heavy atom. The number of thioether (sulfide) groups is 2. The molecule has 4 aliphatic rings. The molecule has 2 amide bonds. The normalized spacial score (nSPS) is 23.7. The van der Waals surface area contributed by atoms with Crippen LogP contribution in [0.2, 0.25) is 0 Å². The third-order valence-corrected chi connectivity index (χ3v) is 6.82. The highest BCUT2D eigenvalue weighted by atomic mass is 32.2. The first kappa shape index (κ1) is 17.5. The van der Waals surface area contributed by atoms with E-state index < -0.39 is 11.8 Å². The summed E-state index contributed by atoms with van der Waals surface area (Å²) in [6, 6.07) is 0. The second-order valence-electron chi connectivity index (χ2n) is 5.79. The average Bonchev–Trinajstić information content (AvgIpc) is 3.02. The predicted octanol–water partition coefficient (Wildman–Crippen LogP) is 0.230. The second-order valence-corrected chi connectivity index (χ2v) is 8.09. The van der Waals surface area contributed by atoms with Crippen LogP contribution in [0.1, 0.15) is 0 Å². The van der Waals surface area contributed by atoms with E-state index in [-0.39, 0.29) is 39.1 Å². The van der Waals surface area contributed by atoms with Crippen LogP contribution in [0, 0.1) is 0 Å². The van der Waals surface area contributed by atoms with Gasteiger partial charge in [-0.25, -0.2) is 10.0 Å². The number of amides is 2. The van der Waals surface area contributed by atoms with E-state index in [1.165, 1.54) is 23.2 Å². The number of carbonyl (C=O) groups is 4. The smallest absolute Gasteiger partial charge is 0.279 e. The molecule has 2 fully saturated rings. The quantitative estimate of drug-likeness (QED) is 0.373. The van der Waals surface area contributed by atoms with Gasteiger partial charge in [0.25, 0.3) is 11.8 Å². The third kappa shape index (κ3) is 2.64. The summed E-state index contributed by atoms with van der Waals surface area (Å²) < 4.78 is 10.6. The fraction of sp³-hybridized carbons (Fsp3) is 0.375. The number of hydrogen-bond acceptors (Lipinski definition) is 8. The van der Waals surface area contributed by atoms with E-state index >= 15 is 0 Å². The number of methoxy groups -OCH3 is 1. The summed E-state index contributed by atoms with van der Waals surface area (Å²) in [5.74, 6) is -1.43. The molecule has 0 saturated carbocycles. The van der Waals surface area contributed by atoms with Gasteiger partial charge in [-0.15, -0.1) is 0 Å². The van der Waals surface area contributed by atoms with Crippen molar-refractivity contribution in [2.75, 3.05) is 40.0 Å². The van der Waals surface area contributed by atoms with Gasteiger partial charge in [0.05, 0.1) is 47.0 Å². The molecule has 3 aliphatic heterocycles. The number of carbonyl (C=O) groups excluding carboxylic acids is 4. The third-order valence-electron chi connectivity index (χ3n) is 4.21. The van der Waals surface area contributed by atoms with Crippen LogP contribution in [0.4, 0.5) is 0 Å². The van der Waals surface area contributed by atoms with Gasteiger partial charge in [-0.05, 0) is 6.08 Å². The summed E-state index contributed by atoms with van der Waals surface area (Å²) in [6.45, 7) is 1.34. The van der Waals surface area contributed by atoms with Crippen LogP contribution >= 0.6 is 23.5 Å². The summed E-state index contributed by atoms with van der Waals surface area (Å²) in [5.41, 5.74) is 0.291. The first-order valence-electron chi connectivity index (χ1n) is 7.87. The van der Waals surface area contributed by atoms with E-state index in [1.807, 2.05) is 0 Å². The molecule has 0 aromatic rings. The lowest BCUT2D eigenvalue weighted by molar-refractivity contribution is -0.145. The molecule has 0 spiro atoms. The first-order chi connectivity index (χ1) is 12.5. The van der Waals surface area contributed by atoms with Crippen LogP contribution in [-0.2, 0) is 28.7 Å². The fourth-order valence-electron chi connectivity index (χ4n) is 3.00. The molecule has 0 atom stereocenters. The lowest BCUT2D eigenvalue weighted by Gasteiger charge is -2.23. The number of Topliss-reactive ketones (excluding diaryl/α,β-unsaturated/α-hetero) is 1. The van der Waals surface area contributed by atoms with Crippen molar-refractivity contribution in [3.8, 4) is 0 Å². The van der Waals surface area contributed by atoms with E-state index in [4.69, 9.17) is 9.47 Å². The number of nitrogens with zero attached hydrogens (tertiary/aromatic N) is 2. The minimum Gasteiger partial charge on any atom is -0.380 e. The maximum Gasteiger partial charge on any atom is 0.279 e. The molecule has 0 unspecified atom stereocenters. The van der Waals surface area contributed by atoms with E-state index in [0.29, 0.717) is 30.5 Å². The van der Waals surface area contributed by atoms with Crippen molar-refractivity contribution in [3.63, 3.8) is 0 Å². The first-order valence-corrected chi connectivity index (χ1v) is 9.50. The van der Waals surface area contributed by atoms with Gasteiger partial charge in [0.2, 0.25) is 0 Å². The zero-order chi connectivity index (χ0) is 18.4. The van der Waals surface area contributed by atoms with Gasteiger partial charge in [0.1, 0.15) is 5.57 Å². The summed E-state index contributed by atoms with van der Waals surface area (Å²) in [7, 11) is 1.44. The minimum atomic E-state index is -0.416. The van der Waals surface area contributed by atoms with Crippen LogP contribution in [0.5, 0.6) is 0 Å². The molecule has 10 heteroatoms. The van der Waals surface area contributed by atoms with E-state index in [9.17, 15) is 19.2 Å². The Hall–Kier alpha value is -1.88. The maximum atomic E-state index is 12.7. The standard InChI is InChI=1S/C16H14N2O6S2/c1-23-7-8-6-9(19)12-13(11(8)20)26-16(25-12)10-14(21)17-2-4-24-5-3-18(17)15(10)22/h6H,2-5,7H2,1H3. The topological polar surface area (TPSA) is 93.2 Å². The van der Waals surface area contributed by atoms with Gasteiger partial charge in [0, 0.05) is 12.7 Å². The van der Waals surface area contributed by atoms with Crippen LogP contribution in [0.3, 0.4) is 0 Å². The fourth-order valence-corrected chi connectivity index (χ4v) is 5.61. The predicted molar refractivity (Wildman–Crippen MR) is 93.5 cm³/mol. The summed E-state index contributed by atoms with van der Waals surface area (Å²) in [5, 5.41) is 2.74. The largest absolute Gasteiger partial charge is 0.380 e. The highest BCUT2D eigenvalue weighted by molar-refractivity contribution is 8.29. The van der Waals surface area contributed by atoms with Crippen molar-refractivity contribution in [2.24, 2.45) is 0 Å². The molecular weight excluding hydrogens is 380 g/mol. The number of hydrazine groups is 1. The maximum absolute atomic E-state index is 12.7. The lowest BCUT2D eigenvalue weighted by Crippen LogP contribution is -2.41. The van der Waals surface area contributed by atoms with Crippen molar-refractivity contribution >= 4 is 46.9 Å². The van der Waals surface area contributed by atoms with Crippen LogP contribution in [0.15, 0.2) is 31.3 Å². The van der Waals surface area contributed by atoms with E-state index in [0.717, 1.165) is 23.5 Å². The molecule has 136 valence electrons.